The van der Waals surface area contributed by atoms with E-state index in [1.165, 1.54) is 12.5 Å². The number of aromatic nitrogens is 2. The van der Waals surface area contributed by atoms with Crippen LogP contribution >= 0.6 is 0 Å². The Balaban J connectivity index is 2.26. The molecule has 1 aromatic carbocycles. The molecular formula is C15H14N2O4. The van der Waals surface area contributed by atoms with Gasteiger partial charge in [0, 0.05) is 36.2 Å². The molecule has 0 unspecified atom stereocenters. The Kier molecular flexibility index (Phi) is 3.45. The van der Waals surface area contributed by atoms with E-state index in [9.17, 15) is 4.79 Å². The zero-order valence-corrected chi connectivity index (χ0v) is 11.4. The van der Waals surface area contributed by atoms with Crippen molar-refractivity contribution in [3.63, 3.8) is 0 Å². The first-order chi connectivity index (χ1) is 10.2. The van der Waals surface area contributed by atoms with Crippen molar-refractivity contribution in [2.75, 3.05) is 13.7 Å². The number of aromatic amines is 1. The maximum atomic E-state index is 12.2. The molecule has 3 rings (SSSR count). The Hall–Kier alpha value is -2.60. The van der Waals surface area contributed by atoms with Gasteiger partial charge in [0.25, 0.3) is 0 Å². The predicted molar refractivity (Wildman–Crippen MR) is 77.4 cm³/mol. The molecule has 2 N–H and O–H groups in total. The Morgan fingerprint density at radius 1 is 1.38 bits per heavy atom. The van der Waals surface area contributed by atoms with Crippen LogP contribution in [0.5, 0.6) is 5.75 Å². The first-order valence-electron chi connectivity index (χ1n) is 6.46. The predicted octanol–water partition coefficient (Wildman–Crippen LogP) is 1.73. The number of oxazole rings is 1. The number of rotatable bonds is 4. The van der Waals surface area contributed by atoms with Crippen LogP contribution in [0.1, 0.15) is 5.69 Å². The van der Waals surface area contributed by atoms with E-state index in [-0.39, 0.29) is 12.0 Å². The van der Waals surface area contributed by atoms with Crippen molar-refractivity contribution in [3.8, 4) is 17.1 Å². The molecule has 0 atom stereocenters. The third kappa shape index (κ3) is 2.41. The van der Waals surface area contributed by atoms with Crippen molar-refractivity contribution >= 4 is 10.9 Å². The van der Waals surface area contributed by atoms with E-state index in [2.05, 4.69) is 9.97 Å². The van der Waals surface area contributed by atoms with Crippen molar-refractivity contribution in [2.24, 2.45) is 0 Å². The summed E-state index contributed by atoms with van der Waals surface area (Å²) in [6, 6.07) is 4.96. The topological polar surface area (TPSA) is 88.4 Å². The summed E-state index contributed by atoms with van der Waals surface area (Å²) in [5.74, 6) is 1.11. The van der Waals surface area contributed by atoms with Crippen LogP contribution in [-0.2, 0) is 6.42 Å². The third-order valence-electron chi connectivity index (χ3n) is 3.28. The van der Waals surface area contributed by atoms with Crippen molar-refractivity contribution in [2.45, 2.75) is 6.42 Å². The molecule has 6 heteroatoms. The largest absolute Gasteiger partial charge is 0.496 e. The Labute approximate surface area is 120 Å². The van der Waals surface area contributed by atoms with Crippen molar-refractivity contribution in [1.82, 2.24) is 9.97 Å². The van der Waals surface area contributed by atoms with Crippen LogP contribution < -0.4 is 10.2 Å². The molecular weight excluding hydrogens is 272 g/mol. The van der Waals surface area contributed by atoms with Crippen LogP contribution in [0, 0.1) is 0 Å². The van der Waals surface area contributed by atoms with Gasteiger partial charge in [-0.1, -0.05) is 0 Å². The van der Waals surface area contributed by atoms with Crippen LogP contribution in [0.3, 0.4) is 0 Å². The van der Waals surface area contributed by atoms with Gasteiger partial charge < -0.3 is 19.2 Å². The summed E-state index contributed by atoms with van der Waals surface area (Å²) < 4.78 is 10.6. The average Bonchev–Trinajstić information content (AvgIpc) is 3.00. The maximum absolute atomic E-state index is 12.2. The number of H-pyrrole nitrogens is 1. The molecule has 0 radical (unpaired) electrons. The summed E-state index contributed by atoms with van der Waals surface area (Å²) >= 11 is 0. The highest BCUT2D eigenvalue weighted by molar-refractivity contribution is 5.87. The molecule has 21 heavy (non-hydrogen) atoms. The molecule has 0 fully saturated rings. The minimum Gasteiger partial charge on any atom is -0.496 e. The SMILES string of the molecule is COc1cc2[nH]c(CCO)cc(=O)c2cc1-c1cnco1. The number of ether oxygens (including phenoxy) is 1. The number of fused-ring (bicyclic) bond motifs is 1. The van der Waals surface area contributed by atoms with Crippen LogP contribution in [-0.4, -0.2) is 28.8 Å². The van der Waals surface area contributed by atoms with Gasteiger partial charge in [0.15, 0.2) is 17.6 Å². The molecule has 6 nitrogen and oxygen atoms in total. The van der Waals surface area contributed by atoms with Gasteiger partial charge >= 0.3 is 0 Å². The molecule has 0 aliphatic carbocycles. The molecule has 0 aliphatic heterocycles. The lowest BCUT2D eigenvalue weighted by Crippen LogP contribution is -2.07. The molecule has 0 saturated heterocycles. The number of hydrogen-bond donors (Lipinski definition) is 2. The lowest BCUT2D eigenvalue weighted by atomic mass is 10.1. The first kappa shape index (κ1) is 13.4. The van der Waals surface area contributed by atoms with Gasteiger partial charge in [-0.15, -0.1) is 0 Å². The number of nitrogens with zero attached hydrogens (tertiary/aromatic N) is 1. The summed E-state index contributed by atoms with van der Waals surface area (Å²) in [6.07, 6.45) is 3.29. The molecule has 0 bridgehead atoms. The minimum absolute atomic E-state index is 0.0191. The van der Waals surface area contributed by atoms with Crippen molar-refractivity contribution in [1.29, 1.82) is 0 Å². The number of methoxy groups -OCH3 is 1. The summed E-state index contributed by atoms with van der Waals surface area (Å²) in [5, 5.41) is 9.52. The molecule has 0 amide bonds. The quantitative estimate of drug-likeness (QED) is 0.762. The standard InChI is InChI=1S/C15H14N2O4/c1-20-14-6-12-10(5-11(14)15-7-16-8-21-15)13(19)4-9(17-12)2-3-18/h4-8,18H,2-3H2,1H3,(H,17,19). The highest BCUT2D eigenvalue weighted by Gasteiger charge is 2.13. The number of pyridine rings is 1. The molecule has 0 spiro atoms. The maximum Gasteiger partial charge on any atom is 0.189 e. The number of aliphatic hydroxyl groups is 1. The van der Waals surface area contributed by atoms with Gasteiger partial charge in [0.2, 0.25) is 0 Å². The van der Waals surface area contributed by atoms with Gasteiger partial charge in [-0.25, -0.2) is 4.98 Å². The third-order valence-corrected chi connectivity index (χ3v) is 3.28. The van der Waals surface area contributed by atoms with Crippen molar-refractivity contribution in [3.05, 3.63) is 46.7 Å². The van der Waals surface area contributed by atoms with Crippen LogP contribution in [0.4, 0.5) is 0 Å². The zero-order valence-electron chi connectivity index (χ0n) is 11.4. The molecule has 3 aromatic rings. The van der Waals surface area contributed by atoms with E-state index in [1.54, 1.807) is 25.4 Å². The second kappa shape index (κ2) is 5.41. The van der Waals surface area contributed by atoms with Crippen LogP contribution in [0.15, 0.2) is 40.0 Å². The molecule has 2 heterocycles. The highest BCUT2D eigenvalue weighted by Crippen LogP contribution is 2.32. The van der Waals surface area contributed by atoms with Gasteiger partial charge in [0.1, 0.15) is 5.75 Å². The van der Waals surface area contributed by atoms with Gasteiger partial charge in [-0.3, -0.25) is 4.79 Å². The number of hydrogen-bond acceptors (Lipinski definition) is 5. The fourth-order valence-electron chi connectivity index (χ4n) is 2.30. The fourth-order valence-corrected chi connectivity index (χ4v) is 2.30. The first-order valence-corrected chi connectivity index (χ1v) is 6.46. The number of aliphatic hydroxyl groups excluding tert-OH is 1. The molecule has 0 saturated carbocycles. The van der Waals surface area contributed by atoms with E-state index in [0.29, 0.717) is 40.1 Å². The monoisotopic (exact) mass is 286 g/mol. The zero-order chi connectivity index (χ0) is 14.8. The highest BCUT2D eigenvalue weighted by atomic mass is 16.5. The Bertz CT molecular complexity index is 822. The Morgan fingerprint density at radius 3 is 2.90 bits per heavy atom. The van der Waals surface area contributed by atoms with Gasteiger partial charge in [-0.2, -0.15) is 0 Å². The van der Waals surface area contributed by atoms with E-state index in [4.69, 9.17) is 14.3 Å². The van der Waals surface area contributed by atoms with Crippen LogP contribution in [0.2, 0.25) is 0 Å². The Morgan fingerprint density at radius 2 is 2.24 bits per heavy atom. The summed E-state index contributed by atoms with van der Waals surface area (Å²) in [5.41, 5.74) is 1.90. The van der Waals surface area contributed by atoms with Crippen LogP contribution in [0.25, 0.3) is 22.2 Å². The molecule has 0 aliphatic rings. The fraction of sp³-hybridized carbons (Fsp3) is 0.200. The lowest BCUT2D eigenvalue weighted by Gasteiger charge is -2.09. The second-order valence-corrected chi connectivity index (χ2v) is 4.60. The second-order valence-electron chi connectivity index (χ2n) is 4.60. The summed E-state index contributed by atoms with van der Waals surface area (Å²) in [4.78, 5) is 19.2. The van der Waals surface area contributed by atoms with E-state index in [0.717, 1.165) is 0 Å². The summed E-state index contributed by atoms with van der Waals surface area (Å²) in [7, 11) is 1.55. The number of benzene rings is 1. The molecule has 108 valence electrons. The number of nitrogens with one attached hydrogen (secondary N) is 1. The summed E-state index contributed by atoms with van der Waals surface area (Å²) in [6.45, 7) is -0.0191. The average molecular weight is 286 g/mol. The van der Waals surface area contributed by atoms with E-state index >= 15 is 0 Å². The smallest absolute Gasteiger partial charge is 0.189 e. The van der Waals surface area contributed by atoms with E-state index < -0.39 is 0 Å². The van der Waals surface area contributed by atoms with Gasteiger partial charge in [-0.05, 0) is 6.07 Å². The lowest BCUT2D eigenvalue weighted by molar-refractivity contribution is 0.298. The van der Waals surface area contributed by atoms with Crippen molar-refractivity contribution < 1.29 is 14.3 Å². The minimum atomic E-state index is -0.115. The molecule has 2 aromatic heterocycles. The normalized spacial score (nSPS) is 11.0. The van der Waals surface area contributed by atoms with E-state index in [1.807, 2.05) is 0 Å². The van der Waals surface area contributed by atoms with Gasteiger partial charge in [0.05, 0.1) is 24.4 Å².